The fourth-order valence-corrected chi connectivity index (χ4v) is 4.91. The molecule has 0 radical (unpaired) electrons. The van der Waals surface area contributed by atoms with Crippen molar-refractivity contribution < 1.29 is 4.79 Å². The molecule has 0 bridgehead atoms. The summed E-state index contributed by atoms with van der Waals surface area (Å²) in [5, 5.41) is 4.82. The first-order valence-corrected chi connectivity index (χ1v) is 11.8. The van der Waals surface area contributed by atoms with Crippen molar-refractivity contribution in [3.05, 3.63) is 41.5 Å². The summed E-state index contributed by atoms with van der Waals surface area (Å²) in [6.07, 6.45) is 8.94. The van der Waals surface area contributed by atoms with Gasteiger partial charge in [-0.2, -0.15) is 5.10 Å². The van der Waals surface area contributed by atoms with E-state index in [1.54, 1.807) is 0 Å². The number of carbonyl (C=O) groups excluding carboxylic acids is 1. The van der Waals surface area contributed by atoms with E-state index in [0.717, 1.165) is 68.8 Å². The molecule has 7 nitrogen and oxygen atoms in total. The van der Waals surface area contributed by atoms with Gasteiger partial charge in [0.05, 0.1) is 17.9 Å². The molecule has 166 valence electrons. The van der Waals surface area contributed by atoms with Crippen LogP contribution in [0.15, 0.2) is 24.5 Å². The van der Waals surface area contributed by atoms with Gasteiger partial charge < -0.3 is 4.90 Å². The smallest absolute Gasteiger partial charge is 0.236 e. The zero-order valence-corrected chi connectivity index (χ0v) is 18.8. The molecule has 1 saturated carbocycles. The van der Waals surface area contributed by atoms with Gasteiger partial charge in [0.1, 0.15) is 0 Å². The monoisotopic (exact) mass is 422 g/mol. The van der Waals surface area contributed by atoms with Gasteiger partial charge in [0.15, 0.2) is 0 Å². The van der Waals surface area contributed by atoms with Crippen molar-refractivity contribution in [2.24, 2.45) is 0 Å². The van der Waals surface area contributed by atoms with Gasteiger partial charge >= 0.3 is 0 Å². The quantitative estimate of drug-likeness (QED) is 0.741. The van der Waals surface area contributed by atoms with Crippen molar-refractivity contribution in [2.75, 3.05) is 39.3 Å². The van der Waals surface area contributed by atoms with Crippen molar-refractivity contribution in [3.8, 4) is 5.69 Å². The van der Waals surface area contributed by atoms with Crippen molar-refractivity contribution in [1.29, 1.82) is 0 Å². The predicted octanol–water partition coefficient (Wildman–Crippen LogP) is 2.45. The van der Waals surface area contributed by atoms with E-state index in [1.807, 2.05) is 16.9 Å². The van der Waals surface area contributed by atoms with Crippen LogP contribution in [0.5, 0.6) is 0 Å². The molecule has 0 spiro atoms. The molecule has 0 unspecified atom stereocenters. The van der Waals surface area contributed by atoms with Crippen molar-refractivity contribution in [2.45, 2.75) is 58.0 Å². The van der Waals surface area contributed by atoms with E-state index in [1.165, 1.54) is 24.8 Å². The lowest BCUT2D eigenvalue weighted by molar-refractivity contribution is -0.135. The number of pyridine rings is 1. The number of hydrogen-bond acceptors (Lipinski definition) is 5. The zero-order valence-electron chi connectivity index (χ0n) is 18.8. The number of rotatable bonds is 5. The lowest BCUT2D eigenvalue weighted by atomic mass is 9.91. The number of amides is 1. The zero-order chi connectivity index (χ0) is 21.4. The molecular formula is C24H34N6O. The van der Waals surface area contributed by atoms with Crippen LogP contribution in [0.2, 0.25) is 0 Å². The average Bonchev–Trinajstić information content (AvgIpc) is 3.16. The summed E-state index contributed by atoms with van der Waals surface area (Å²) in [7, 11) is 0. The summed E-state index contributed by atoms with van der Waals surface area (Å²) < 4.78 is 1.98. The first-order chi connectivity index (χ1) is 15.1. The first kappa shape index (κ1) is 20.6. The van der Waals surface area contributed by atoms with Crippen molar-refractivity contribution in [1.82, 2.24) is 29.5 Å². The van der Waals surface area contributed by atoms with Gasteiger partial charge in [-0.25, -0.2) is 4.68 Å². The molecule has 2 aromatic heterocycles. The Morgan fingerprint density at radius 3 is 2.68 bits per heavy atom. The Morgan fingerprint density at radius 2 is 1.97 bits per heavy atom. The lowest BCUT2D eigenvalue weighted by Gasteiger charge is -2.43. The summed E-state index contributed by atoms with van der Waals surface area (Å²) in [5.41, 5.74) is 4.52. The van der Waals surface area contributed by atoms with E-state index in [2.05, 4.69) is 45.8 Å². The van der Waals surface area contributed by atoms with E-state index in [9.17, 15) is 4.79 Å². The van der Waals surface area contributed by atoms with Gasteiger partial charge in [-0.15, -0.1) is 0 Å². The Labute approximate surface area is 185 Å². The largest absolute Gasteiger partial charge is 0.339 e. The number of piperazine rings is 1. The Bertz CT molecular complexity index is 926. The number of fused-ring (bicyclic) bond motifs is 1. The normalized spacial score (nSPS) is 20.7. The minimum Gasteiger partial charge on any atom is -0.339 e. The van der Waals surface area contributed by atoms with Gasteiger partial charge in [0.25, 0.3) is 0 Å². The predicted molar refractivity (Wildman–Crippen MR) is 120 cm³/mol. The van der Waals surface area contributed by atoms with E-state index >= 15 is 0 Å². The molecule has 1 amide bonds. The topological polar surface area (TPSA) is 57.5 Å². The summed E-state index contributed by atoms with van der Waals surface area (Å²) in [6.45, 7) is 10.4. The van der Waals surface area contributed by atoms with Crippen LogP contribution in [0, 0.1) is 0 Å². The van der Waals surface area contributed by atoms with Crippen LogP contribution in [0.25, 0.3) is 5.69 Å². The molecule has 2 aliphatic heterocycles. The maximum atomic E-state index is 12.9. The van der Waals surface area contributed by atoms with Crippen LogP contribution in [0.1, 0.15) is 56.0 Å². The van der Waals surface area contributed by atoms with E-state index < -0.39 is 0 Å². The molecule has 0 aromatic carbocycles. The summed E-state index contributed by atoms with van der Waals surface area (Å²) >= 11 is 0. The highest BCUT2D eigenvalue weighted by atomic mass is 16.2. The minimum absolute atomic E-state index is 0.278. The second-order valence-electron chi connectivity index (χ2n) is 9.60. The summed E-state index contributed by atoms with van der Waals surface area (Å²) in [6, 6.07) is 4.91. The highest BCUT2D eigenvalue weighted by molar-refractivity contribution is 5.78. The number of nitrogens with zero attached hydrogens (tertiary/aromatic N) is 6. The highest BCUT2D eigenvalue weighted by Gasteiger charge is 2.30. The number of aromatic nitrogens is 3. The maximum Gasteiger partial charge on any atom is 0.236 e. The molecule has 1 aliphatic carbocycles. The second kappa shape index (κ2) is 8.71. The average molecular weight is 423 g/mol. The van der Waals surface area contributed by atoms with Gasteiger partial charge in [-0.1, -0.05) is 20.3 Å². The van der Waals surface area contributed by atoms with Crippen LogP contribution in [-0.2, 0) is 17.8 Å². The summed E-state index contributed by atoms with van der Waals surface area (Å²) in [4.78, 5) is 24.3. The highest BCUT2D eigenvalue weighted by Crippen LogP contribution is 2.26. The van der Waals surface area contributed by atoms with Gasteiger partial charge in [0.2, 0.25) is 5.91 Å². The second-order valence-corrected chi connectivity index (χ2v) is 9.60. The fourth-order valence-electron chi connectivity index (χ4n) is 4.91. The molecular weight excluding hydrogens is 388 g/mol. The SMILES string of the molecule is CC(C)c1cc(-n2cc3c(n2)CCN(CC(=O)N2CCN(C4CCC4)CC2)C3)ccn1. The molecule has 2 fully saturated rings. The van der Waals surface area contributed by atoms with Crippen LogP contribution in [-0.4, -0.2) is 80.7 Å². The summed E-state index contributed by atoms with van der Waals surface area (Å²) in [5.74, 6) is 0.669. The Kier molecular flexibility index (Phi) is 5.80. The van der Waals surface area contributed by atoms with Gasteiger partial charge in [0, 0.05) is 75.4 Å². The van der Waals surface area contributed by atoms with Crippen molar-refractivity contribution >= 4 is 5.91 Å². The first-order valence-electron chi connectivity index (χ1n) is 11.8. The fraction of sp³-hybridized carbons (Fsp3) is 0.625. The molecule has 1 saturated heterocycles. The molecule has 4 heterocycles. The molecule has 2 aromatic rings. The van der Waals surface area contributed by atoms with Gasteiger partial charge in [-0.3, -0.25) is 19.6 Å². The Morgan fingerprint density at radius 1 is 1.16 bits per heavy atom. The maximum absolute atomic E-state index is 12.9. The number of hydrogen-bond donors (Lipinski definition) is 0. The van der Waals surface area contributed by atoms with E-state index in [4.69, 9.17) is 5.10 Å². The molecule has 31 heavy (non-hydrogen) atoms. The Hall–Kier alpha value is -2.25. The molecule has 5 rings (SSSR count). The van der Waals surface area contributed by atoms with E-state index in [0.29, 0.717) is 12.5 Å². The molecule has 0 N–H and O–H groups in total. The lowest BCUT2D eigenvalue weighted by Crippen LogP contribution is -2.55. The standard InChI is InChI=1S/C24H34N6O/c1-18(2)23-14-21(6-8-25-23)30-16-19-15-27(9-7-22(19)26-30)17-24(31)29-12-10-28(11-13-29)20-4-3-5-20/h6,8,14,16,18,20H,3-5,7,9-13,15,17H2,1-2H3. The Balaban J connectivity index is 1.18. The van der Waals surface area contributed by atoms with E-state index in [-0.39, 0.29) is 5.91 Å². The molecule has 7 heteroatoms. The van der Waals surface area contributed by atoms with Crippen LogP contribution < -0.4 is 0 Å². The van der Waals surface area contributed by atoms with Crippen LogP contribution in [0.4, 0.5) is 0 Å². The van der Waals surface area contributed by atoms with Crippen LogP contribution >= 0.6 is 0 Å². The van der Waals surface area contributed by atoms with Crippen LogP contribution in [0.3, 0.4) is 0 Å². The minimum atomic E-state index is 0.278. The van der Waals surface area contributed by atoms with Gasteiger partial charge in [-0.05, 0) is 30.9 Å². The molecule has 0 atom stereocenters. The third kappa shape index (κ3) is 4.39. The van der Waals surface area contributed by atoms with Crippen molar-refractivity contribution in [3.63, 3.8) is 0 Å². The third-order valence-corrected chi connectivity index (χ3v) is 7.17. The third-order valence-electron chi connectivity index (χ3n) is 7.17. The number of carbonyl (C=O) groups is 1. The molecule has 3 aliphatic rings.